The Hall–Kier alpha value is -3.82. The summed E-state index contributed by atoms with van der Waals surface area (Å²) >= 11 is 7.59. The fraction of sp³-hybridized carbons (Fsp3) is 0.0870. The van der Waals surface area contributed by atoms with Crippen molar-refractivity contribution in [1.29, 1.82) is 0 Å². The third kappa shape index (κ3) is 4.04. The number of thiophene rings is 1. The quantitative estimate of drug-likeness (QED) is 0.408. The predicted molar refractivity (Wildman–Crippen MR) is 129 cm³/mol. The zero-order valence-electron chi connectivity index (χ0n) is 17.4. The molecule has 0 atom stereocenters. The lowest BCUT2D eigenvalue weighted by Gasteiger charge is -2.12. The van der Waals surface area contributed by atoms with Crippen LogP contribution in [0.2, 0.25) is 5.02 Å². The molecule has 3 heterocycles. The topological polar surface area (TPSA) is 94.7 Å². The predicted octanol–water partition coefficient (Wildman–Crippen LogP) is 4.31. The molecule has 0 aliphatic carbocycles. The summed E-state index contributed by atoms with van der Waals surface area (Å²) in [4.78, 5) is 36.2. The summed E-state index contributed by atoms with van der Waals surface area (Å²) in [5.41, 5.74) is 2.59. The number of amides is 1. The van der Waals surface area contributed by atoms with Gasteiger partial charge < -0.3 is 5.32 Å². The molecule has 8 nitrogen and oxygen atoms in total. The maximum Gasteiger partial charge on any atom is 0.263 e. The molecule has 164 valence electrons. The number of carbonyl (C=O) groups is 1. The molecule has 0 radical (unpaired) electrons. The number of benzene rings is 2. The Balaban J connectivity index is 1.49. The highest BCUT2D eigenvalue weighted by Crippen LogP contribution is 2.35. The number of rotatable bonds is 5. The van der Waals surface area contributed by atoms with Gasteiger partial charge in [-0.15, -0.1) is 11.3 Å². The molecule has 5 aromatic rings. The molecule has 3 aromatic heterocycles. The highest BCUT2D eigenvalue weighted by Gasteiger charge is 2.18. The average Bonchev–Trinajstić information content (AvgIpc) is 3.44. The molecule has 0 aliphatic rings. The second kappa shape index (κ2) is 8.61. The highest BCUT2D eigenvalue weighted by atomic mass is 35.5. The van der Waals surface area contributed by atoms with Crippen LogP contribution in [-0.2, 0) is 11.3 Å². The fourth-order valence-electron chi connectivity index (χ4n) is 3.69. The Bertz CT molecular complexity index is 1530. The van der Waals surface area contributed by atoms with Crippen molar-refractivity contribution in [3.8, 4) is 16.8 Å². The van der Waals surface area contributed by atoms with Crippen molar-refractivity contribution in [3.63, 3.8) is 0 Å². The van der Waals surface area contributed by atoms with Crippen LogP contribution < -0.4 is 10.9 Å². The molecule has 0 spiro atoms. The van der Waals surface area contributed by atoms with Crippen LogP contribution in [0.5, 0.6) is 0 Å². The van der Waals surface area contributed by atoms with Gasteiger partial charge in [0, 0.05) is 15.5 Å². The van der Waals surface area contributed by atoms with E-state index < -0.39 is 5.91 Å². The Morgan fingerprint density at radius 2 is 1.97 bits per heavy atom. The number of carbonyl (C=O) groups excluding carboxylic acids is 1. The molecule has 0 aliphatic heterocycles. The monoisotopic (exact) mass is 476 g/mol. The van der Waals surface area contributed by atoms with E-state index in [4.69, 9.17) is 11.6 Å². The van der Waals surface area contributed by atoms with E-state index >= 15 is 0 Å². The van der Waals surface area contributed by atoms with E-state index in [1.54, 1.807) is 18.2 Å². The second-order valence-electron chi connectivity index (χ2n) is 7.31. The molecule has 0 saturated heterocycles. The number of aryl methyl sites for hydroxylation is 1. The van der Waals surface area contributed by atoms with Gasteiger partial charge in [-0.3, -0.25) is 14.2 Å². The molecular formula is C23H17ClN6O2S. The van der Waals surface area contributed by atoms with E-state index in [0.29, 0.717) is 26.6 Å². The maximum absolute atomic E-state index is 13.3. The molecule has 10 heteroatoms. The third-order valence-corrected chi connectivity index (χ3v) is 6.38. The van der Waals surface area contributed by atoms with E-state index in [0.717, 1.165) is 16.0 Å². The summed E-state index contributed by atoms with van der Waals surface area (Å²) in [6.07, 6.45) is 4.32. The lowest BCUT2D eigenvalue weighted by atomic mass is 10.0. The van der Waals surface area contributed by atoms with Crippen molar-refractivity contribution >= 4 is 44.7 Å². The Kier molecular flexibility index (Phi) is 5.49. The highest BCUT2D eigenvalue weighted by molar-refractivity contribution is 7.19. The first-order chi connectivity index (χ1) is 16.0. The minimum Gasteiger partial charge on any atom is -0.323 e. The van der Waals surface area contributed by atoms with Gasteiger partial charge in [0.2, 0.25) is 5.91 Å². The second-order valence-corrected chi connectivity index (χ2v) is 8.95. The van der Waals surface area contributed by atoms with E-state index in [-0.39, 0.29) is 12.1 Å². The third-order valence-electron chi connectivity index (χ3n) is 5.13. The van der Waals surface area contributed by atoms with Gasteiger partial charge in [-0.1, -0.05) is 41.9 Å². The smallest absolute Gasteiger partial charge is 0.263 e. The van der Waals surface area contributed by atoms with Crippen LogP contribution in [0.25, 0.3) is 27.0 Å². The molecule has 2 aromatic carbocycles. The molecule has 0 unspecified atom stereocenters. The minimum absolute atomic E-state index is 0.200. The maximum atomic E-state index is 13.3. The average molecular weight is 477 g/mol. The number of hydrogen-bond donors (Lipinski definition) is 1. The van der Waals surface area contributed by atoms with Crippen molar-refractivity contribution in [1.82, 2.24) is 24.3 Å². The van der Waals surface area contributed by atoms with Gasteiger partial charge in [0.05, 0.1) is 23.1 Å². The number of aromatic nitrogens is 5. The molecule has 5 rings (SSSR count). The first-order valence-electron chi connectivity index (χ1n) is 9.99. The van der Waals surface area contributed by atoms with E-state index in [9.17, 15) is 9.59 Å². The van der Waals surface area contributed by atoms with E-state index in [2.05, 4.69) is 20.4 Å². The summed E-state index contributed by atoms with van der Waals surface area (Å²) in [5.74, 6) is -0.393. The molecular weight excluding hydrogens is 460 g/mol. The largest absolute Gasteiger partial charge is 0.323 e. The fourth-order valence-corrected chi connectivity index (χ4v) is 4.86. The van der Waals surface area contributed by atoms with Gasteiger partial charge >= 0.3 is 0 Å². The zero-order chi connectivity index (χ0) is 22.9. The summed E-state index contributed by atoms with van der Waals surface area (Å²) in [6.45, 7) is 1.77. The SMILES string of the molecule is Cc1sc2ncn(CC(=O)Nc3cc(Cl)ccc3-n3cncn3)c(=O)c2c1-c1ccccc1. The van der Waals surface area contributed by atoms with Crippen LogP contribution in [0.3, 0.4) is 0 Å². The Morgan fingerprint density at radius 3 is 2.73 bits per heavy atom. The number of nitrogens with one attached hydrogen (secondary N) is 1. The molecule has 1 amide bonds. The van der Waals surface area contributed by atoms with Crippen molar-refractivity contribution in [2.45, 2.75) is 13.5 Å². The zero-order valence-corrected chi connectivity index (χ0v) is 19.0. The lowest BCUT2D eigenvalue weighted by molar-refractivity contribution is -0.116. The van der Waals surface area contributed by atoms with Crippen LogP contribution in [0.4, 0.5) is 5.69 Å². The number of anilines is 1. The summed E-state index contributed by atoms with van der Waals surface area (Å²) < 4.78 is 2.84. The first kappa shape index (κ1) is 21.0. The van der Waals surface area contributed by atoms with Crippen LogP contribution >= 0.6 is 22.9 Å². The van der Waals surface area contributed by atoms with Gasteiger partial charge in [0.1, 0.15) is 24.0 Å². The van der Waals surface area contributed by atoms with Gasteiger partial charge in [-0.2, -0.15) is 5.10 Å². The summed E-state index contributed by atoms with van der Waals surface area (Å²) in [6, 6.07) is 14.8. The lowest BCUT2D eigenvalue weighted by Crippen LogP contribution is -2.28. The number of hydrogen-bond acceptors (Lipinski definition) is 6. The Labute approximate surface area is 197 Å². The van der Waals surface area contributed by atoms with Crippen molar-refractivity contribution in [3.05, 3.63) is 87.8 Å². The van der Waals surface area contributed by atoms with Crippen molar-refractivity contribution < 1.29 is 4.79 Å². The van der Waals surface area contributed by atoms with Crippen LogP contribution in [0.1, 0.15) is 4.88 Å². The van der Waals surface area contributed by atoms with Crippen LogP contribution in [-0.4, -0.2) is 30.2 Å². The number of halogens is 1. The summed E-state index contributed by atoms with van der Waals surface area (Å²) in [5, 5.41) is 7.90. The van der Waals surface area contributed by atoms with Crippen molar-refractivity contribution in [2.24, 2.45) is 0 Å². The van der Waals surface area contributed by atoms with Crippen LogP contribution in [0, 0.1) is 6.92 Å². The normalized spacial score (nSPS) is 11.1. The Morgan fingerprint density at radius 1 is 1.15 bits per heavy atom. The first-order valence-corrected chi connectivity index (χ1v) is 11.2. The van der Waals surface area contributed by atoms with Crippen LogP contribution in [0.15, 0.2) is 72.3 Å². The standard InChI is InChI=1S/C23H17ClN6O2S/c1-14-20(15-5-3-2-4-6-15)21-22(33-14)26-13-29(23(21)32)10-19(31)28-17-9-16(24)7-8-18(17)30-12-25-11-27-30/h2-9,11-13H,10H2,1H3,(H,28,31). The molecule has 1 N–H and O–H groups in total. The van der Waals surface area contributed by atoms with E-state index in [1.807, 2.05) is 37.3 Å². The van der Waals surface area contributed by atoms with Gasteiger partial charge in [0.15, 0.2) is 0 Å². The molecule has 33 heavy (non-hydrogen) atoms. The number of nitrogens with zero attached hydrogens (tertiary/aromatic N) is 5. The molecule has 0 saturated carbocycles. The molecule has 0 bridgehead atoms. The molecule has 0 fully saturated rings. The summed E-state index contributed by atoms with van der Waals surface area (Å²) in [7, 11) is 0. The van der Waals surface area contributed by atoms with Gasteiger partial charge in [-0.25, -0.2) is 14.6 Å². The minimum atomic E-state index is -0.393. The van der Waals surface area contributed by atoms with Gasteiger partial charge in [-0.05, 0) is 30.7 Å². The van der Waals surface area contributed by atoms with Gasteiger partial charge in [0.25, 0.3) is 5.56 Å². The van der Waals surface area contributed by atoms with E-state index in [1.165, 1.54) is 39.6 Å². The number of fused-ring (bicyclic) bond motifs is 1. The van der Waals surface area contributed by atoms with Crippen molar-refractivity contribution in [2.75, 3.05) is 5.32 Å².